The number of rotatable bonds is 7. The number of hydrogen-bond acceptors (Lipinski definition) is 5. The second-order valence-corrected chi connectivity index (χ2v) is 11.5. The van der Waals surface area contributed by atoms with Gasteiger partial charge in [-0.25, -0.2) is 4.98 Å². The number of amides is 1. The first-order valence-corrected chi connectivity index (χ1v) is 13.0. The molecule has 172 valence electrons. The van der Waals surface area contributed by atoms with Gasteiger partial charge in [0.15, 0.2) is 0 Å². The van der Waals surface area contributed by atoms with Gasteiger partial charge in [-0.15, -0.1) is 11.8 Å². The summed E-state index contributed by atoms with van der Waals surface area (Å²) >= 11 is 3.37. The van der Waals surface area contributed by atoms with Crippen molar-refractivity contribution in [3.63, 3.8) is 0 Å². The van der Waals surface area contributed by atoms with Crippen molar-refractivity contribution in [2.24, 2.45) is 0 Å². The number of aromatic nitrogens is 3. The van der Waals surface area contributed by atoms with Crippen molar-refractivity contribution in [2.45, 2.75) is 57.8 Å². The molecule has 0 fully saturated rings. The lowest BCUT2D eigenvalue weighted by Crippen LogP contribution is -2.14. The highest BCUT2D eigenvalue weighted by molar-refractivity contribution is 7.99. The summed E-state index contributed by atoms with van der Waals surface area (Å²) in [5, 5.41) is 8.38. The maximum absolute atomic E-state index is 12.6. The zero-order valence-electron chi connectivity index (χ0n) is 19.8. The summed E-state index contributed by atoms with van der Waals surface area (Å²) in [5.74, 6) is 1.57. The molecule has 4 rings (SSSR count). The fourth-order valence-corrected chi connectivity index (χ4v) is 5.29. The maximum atomic E-state index is 12.6. The Morgan fingerprint density at radius 1 is 1.09 bits per heavy atom. The van der Waals surface area contributed by atoms with Gasteiger partial charge >= 0.3 is 0 Å². The van der Waals surface area contributed by atoms with E-state index in [0.29, 0.717) is 12.2 Å². The third kappa shape index (κ3) is 5.84. The van der Waals surface area contributed by atoms with Crippen LogP contribution in [0.25, 0.3) is 15.3 Å². The molecule has 0 aliphatic heterocycles. The Morgan fingerprint density at radius 3 is 2.58 bits per heavy atom. The number of benzene rings is 2. The third-order valence-corrected chi connectivity index (χ3v) is 7.45. The van der Waals surface area contributed by atoms with Crippen LogP contribution in [0, 0.1) is 13.8 Å². The van der Waals surface area contributed by atoms with E-state index < -0.39 is 0 Å². The number of carbonyl (C=O) groups excluding carboxylic acids is 1. The minimum Gasteiger partial charge on any atom is -0.311 e. The average Bonchev–Trinajstić information content (AvgIpc) is 3.34. The molecule has 2 heterocycles. The van der Waals surface area contributed by atoms with Crippen molar-refractivity contribution in [2.75, 3.05) is 11.1 Å². The van der Waals surface area contributed by atoms with Gasteiger partial charge in [0.25, 0.3) is 0 Å². The van der Waals surface area contributed by atoms with Crippen molar-refractivity contribution >= 4 is 45.0 Å². The molecule has 1 N–H and O–H groups in total. The van der Waals surface area contributed by atoms with Gasteiger partial charge in [-0.3, -0.25) is 4.79 Å². The van der Waals surface area contributed by atoms with E-state index in [4.69, 9.17) is 4.98 Å². The van der Waals surface area contributed by atoms with Crippen LogP contribution in [0.5, 0.6) is 0 Å². The van der Waals surface area contributed by atoms with Gasteiger partial charge < -0.3 is 5.32 Å². The number of thioether (sulfide) groups is 1. The predicted molar refractivity (Wildman–Crippen MR) is 140 cm³/mol. The van der Waals surface area contributed by atoms with Crippen molar-refractivity contribution in [3.8, 4) is 5.13 Å². The van der Waals surface area contributed by atoms with E-state index >= 15 is 0 Å². The summed E-state index contributed by atoms with van der Waals surface area (Å²) in [7, 11) is 0. The number of nitrogens with zero attached hydrogens (tertiary/aromatic N) is 3. The summed E-state index contributed by atoms with van der Waals surface area (Å²) in [6.45, 7) is 10.6. The highest BCUT2D eigenvalue weighted by Crippen LogP contribution is 2.31. The Hall–Kier alpha value is -2.64. The van der Waals surface area contributed by atoms with E-state index in [1.54, 1.807) is 27.8 Å². The number of aryl methyl sites for hydroxylation is 2. The minimum absolute atomic E-state index is 0.00298. The van der Waals surface area contributed by atoms with Gasteiger partial charge in [-0.2, -0.15) is 9.78 Å². The summed E-state index contributed by atoms with van der Waals surface area (Å²) in [6, 6.07) is 16.8. The molecule has 33 heavy (non-hydrogen) atoms. The molecule has 0 saturated carbocycles. The van der Waals surface area contributed by atoms with Crippen LogP contribution in [0.2, 0.25) is 0 Å². The van der Waals surface area contributed by atoms with Crippen molar-refractivity contribution in [1.82, 2.24) is 14.8 Å². The van der Waals surface area contributed by atoms with Gasteiger partial charge in [-0.05, 0) is 61.3 Å². The van der Waals surface area contributed by atoms with Gasteiger partial charge in [-0.1, -0.05) is 55.9 Å². The van der Waals surface area contributed by atoms with Gasteiger partial charge in [0.05, 0.1) is 15.9 Å². The zero-order valence-corrected chi connectivity index (χ0v) is 21.4. The lowest BCUT2D eigenvalue weighted by Gasteiger charge is -2.18. The maximum Gasteiger partial charge on any atom is 0.225 e. The molecule has 2 aromatic carbocycles. The summed E-state index contributed by atoms with van der Waals surface area (Å²) in [6.07, 6.45) is 1.28. The fraction of sp³-hybridized carbons (Fsp3) is 0.346. The van der Waals surface area contributed by atoms with E-state index in [1.165, 1.54) is 16.0 Å². The van der Waals surface area contributed by atoms with Crippen molar-refractivity contribution in [1.29, 1.82) is 0 Å². The molecule has 0 aliphatic rings. The van der Waals surface area contributed by atoms with E-state index in [-0.39, 0.29) is 11.3 Å². The lowest BCUT2D eigenvalue weighted by atomic mass is 9.87. The Labute approximate surface area is 203 Å². The predicted octanol–water partition coefficient (Wildman–Crippen LogP) is 6.91. The fourth-order valence-electron chi connectivity index (χ4n) is 3.47. The van der Waals surface area contributed by atoms with Crippen LogP contribution in [-0.2, 0) is 10.2 Å². The SMILES string of the molecule is Cc1ccc(SCCCC(=O)Nc2cc(C)nn2-c2nc3ccc(C(C)(C)C)cc3s2)cc1. The standard InChI is InChI=1S/C26H30N4OS2/c1-17-8-11-20(12-9-17)32-14-6-7-24(31)28-23-15-18(2)29-30(23)25-27-21-13-10-19(26(3,4)5)16-22(21)33-25/h8-13,15-16H,6-7,14H2,1-5H3,(H,28,31). The number of nitrogens with one attached hydrogen (secondary N) is 1. The van der Waals surface area contributed by atoms with Gasteiger partial charge in [0.2, 0.25) is 11.0 Å². The minimum atomic E-state index is -0.00298. The number of thiazole rings is 1. The van der Waals surface area contributed by atoms with Crippen molar-refractivity contribution in [3.05, 3.63) is 65.4 Å². The molecule has 5 nitrogen and oxygen atoms in total. The quantitative estimate of drug-likeness (QED) is 0.232. The van der Waals surface area contributed by atoms with Crippen LogP contribution in [0.15, 0.2) is 53.4 Å². The Bertz CT molecular complexity index is 1270. The second kappa shape index (κ2) is 9.69. The van der Waals surface area contributed by atoms with Crippen LogP contribution in [0.4, 0.5) is 5.82 Å². The number of carbonyl (C=O) groups is 1. The van der Waals surface area contributed by atoms with Crippen LogP contribution in [-0.4, -0.2) is 26.4 Å². The first-order valence-electron chi connectivity index (χ1n) is 11.2. The summed E-state index contributed by atoms with van der Waals surface area (Å²) < 4.78 is 2.87. The Balaban J connectivity index is 1.41. The Morgan fingerprint density at radius 2 is 1.85 bits per heavy atom. The molecule has 4 aromatic rings. The molecule has 0 spiro atoms. The normalized spacial score (nSPS) is 11.8. The van der Waals surface area contributed by atoms with E-state index in [2.05, 4.69) is 80.6 Å². The van der Waals surface area contributed by atoms with E-state index in [9.17, 15) is 4.79 Å². The number of hydrogen-bond donors (Lipinski definition) is 1. The van der Waals surface area contributed by atoms with Crippen LogP contribution >= 0.6 is 23.1 Å². The average molecular weight is 479 g/mol. The number of fused-ring (bicyclic) bond motifs is 1. The molecule has 0 unspecified atom stereocenters. The molecular formula is C26H30N4OS2. The summed E-state index contributed by atoms with van der Waals surface area (Å²) in [5.41, 5.74) is 4.40. The topological polar surface area (TPSA) is 59.8 Å². The molecule has 0 radical (unpaired) electrons. The highest BCUT2D eigenvalue weighted by atomic mass is 32.2. The zero-order chi connectivity index (χ0) is 23.6. The number of anilines is 1. The highest BCUT2D eigenvalue weighted by Gasteiger charge is 2.17. The van der Waals surface area contributed by atoms with Gasteiger partial charge in [0.1, 0.15) is 5.82 Å². The van der Waals surface area contributed by atoms with Crippen molar-refractivity contribution < 1.29 is 4.79 Å². The largest absolute Gasteiger partial charge is 0.311 e. The molecule has 1 amide bonds. The van der Waals surface area contributed by atoms with Crippen LogP contribution < -0.4 is 5.32 Å². The van der Waals surface area contributed by atoms with Crippen LogP contribution in [0.3, 0.4) is 0 Å². The smallest absolute Gasteiger partial charge is 0.225 e. The summed E-state index contributed by atoms with van der Waals surface area (Å²) in [4.78, 5) is 18.6. The lowest BCUT2D eigenvalue weighted by molar-refractivity contribution is -0.116. The van der Waals surface area contributed by atoms with Gasteiger partial charge in [0, 0.05) is 17.4 Å². The third-order valence-electron chi connectivity index (χ3n) is 5.36. The van der Waals surface area contributed by atoms with Crippen LogP contribution in [0.1, 0.15) is 50.4 Å². The first-order chi connectivity index (χ1) is 15.7. The van der Waals surface area contributed by atoms with E-state index in [0.717, 1.165) is 33.2 Å². The molecule has 0 aliphatic carbocycles. The van der Waals surface area contributed by atoms with E-state index in [1.807, 2.05) is 13.0 Å². The molecule has 0 atom stereocenters. The first kappa shape index (κ1) is 23.5. The molecule has 2 aromatic heterocycles. The second-order valence-electron chi connectivity index (χ2n) is 9.32. The Kier molecular flexibility index (Phi) is 6.91. The monoisotopic (exact) mass is 478 g/mol. The molecule has 7 heteroatoms. The molecular weight excluding hydrogens is 448 g/mol. The molecule has 0 bridgehead atoms. The molecule has 0 saturated heterocycles.